The fraction of sp³-hybridized carbons (Fsp3) is 0.370. The molecule has 3 aromatic rings. The molecule has 8 nitrogen and oxygen atoms in total. The Morgan fingerprint density at radius 1 is 1.14 bits per heavy atom. The lowest BCUT2D eigenvalue weighted by atomic mass is 9.90. The van der Waals surface area contributed by atoms with Crippen molar-refractivity contribution in [3.8, 4) is 11.4 Å². The minimum Gasteiger partial charge on any atom is -0.489 e. The standard InChI is InChI=1S/C27H31FN4O4/c1-26(2,3)36-25(34)30(5)27(4)17-31(18-27)23-11-10-21(15-29-23)32-13-12-22(14-24(32)33)35-16-19-6-8-20(28)9-7-19/h6-15H,16-18H2,1-5H3. The van der Waals surface area contributed by atoms with E-state index in [0.717, 1.165) is 11.4 Å². The van der Waals surface area contributed by atoms with E-state index in [4.69, 9.17) is 9.47 Å². The smallest absolute Gasteiger partial charge is 0.410 e. The Labute approximate surface area is 209 Å². The summed E-state index contributed by atoms with van der Waals surface area (Å²) in [6.07, 6.45) is 2.93. The summed E-state index contributed by atoms with van der Waals surface area (Å²) < 4.78 is 25.7. The molecule has 9 heteroatoms. The minimum atomic E-state index is -0.548. The summed E-state index contributed by atoms with van der Waals surface area (Å²) in [5.74, 6) is 0.887. The van der Waals surface area contributed by atoms with Gasteiger partial charge in [-0.25, -0.2) is 14.2 Å². The van der Waals surface area contributed by atoms with Gasteiger partial charge in [-0.15, -0.1) is 0 Å². The van der Waals surface area contributed by atoms with Crippen LogP contribution in [0.15, 0.2) is 65.7 Å². The molecule has 1 fully saturated rings. The van der Waals surface area contributed by atoms with Crippen molar-refractivity contribution < 1.29 is 18.7 Å². The highest BCUT2D eigenvalue weighted by atomic mass is 19.1. The van der Waals surface area contributed by atoms with E-state index in [1.54, 1.807) is 42.5 Å². The van der Waals surface area contributed by atoms with Crippen LogP contribution in [0.3, 0.4) is 0 Å². The molecule has 36 heavy (non-hydrogen) atoms. The molecular formula is C27H31FN4O4. The van der Waals surface area contributed by atoms with Crippen molar-refractivity contribution in [2.75, 3.05) is 25.0 Å². The Kier molecular flexibility index (Phi) is 6.75. The van der Waals surface area contributed by atoms with Crippen molar-refractivity contribution in [3.63, 3.8) is 0 Å². The molecule has 4 rings (SSSR count). The second kappa shape index (κ2) is 9.64. The van der Waals surface area contributed by atoms with Gasteiger partial charge < -0.3 is 19.3 Å². The summed E-state index contributed by atoms with van der Waals surface area (Å²) in [5, 5.41) is 0. The normalized spacial score (nSPS) is 14.7. The fourth-order valence-electron chi connectivity index (χ4n) is 3.92. The zero-order valence-corrected chi connectivity index (χ0v) is 21.2. The van der Waals surface area contributed by atoms with E-state index in [1.165, 1.54) is 22.8 Å². The Morgan fingerprint density at radius 3 is 2.42 bits per heavy atom. The summed E-state index contributed by atoms with van der Waals surface area (Å²) in [6, 6.07) is 12.8. The number of carbonyl (C=O) groups is 1. The highest BCUT2D eigenvalue weighted by Crippen LogP contribution is 2.31. The first-order chi connectivity index (χ1) is 16.9. The van der Waals surface area contributed by atoms with Crippen LogP contribution in [0.4, 0.5) is 15.0 Å². The van der Waals surface area contributed by atoms with Crippen LogP contribution >= 0.6 is 0 Å². The molecule has 0 bridgehead atoms. The van der Waals surface area contributed by atoms with Crippen LogP contribution in [0.25, 0.3) is 5.69 Å². The van der Waals surface area contributed by atoms with Gasteiger partial charge in [0.25, 0.3) is 5.56 Å². The maximum Gasteiger partial charge on any atom is 0.410 e. The number of hydrogen-bond donors (Lipinski definition) is 0. The number of benzene rings is 1. The number of halogens is 1. The van der Waals surface area contributed by atoms with E-state index >= 15 is 0 Å². The first-order valence-electron chi connectivity index (χ1n) is 11.7. The number of likely N-dealkylation sites (N-methyl/N-ethyl adjacent to an activating group) is 1. The molecule has 0 N–H and O–H groups in total. The topological polar surface area (TPSA) is 76.9 Å². The molecule has 2 aromatic heterocycles. The number of carbonyl (C=O) groups excluding carboxylic acids is 1. The highest BCUT2D eigenvalue weighted by molar-refractivity contribution is 5.70. The zero-order valence-electron chi connectivity index (χ0n) is 21.2. The van der Waals surface area contributed by atoms with Crippen LogP contribution < -0.4 is 15.2 Å². The third-order valence-electron chi connectivity index (χ3n) is 6.08. The maximum atomic E-state index is 13.0. The molecule has 0 radical (unpaired) electrons. The molecule has 1 aliphatic heterocycles. The van der Waals surface area contributed by atoms with Crippen LogP contribution in [0.5, 0.6) is 5.75 Å². The quantitative estimate of drug-likeness (QED) is 0.506. The number of pyridine rings is 2. The van der Waals surface area contributed by atoms with Crippen LogP contribution in [0, 0.1) is 5.82 Å². The van der Waals surface area contributed by atoms with E-state index in [1.807, 2.05) is 39.8 Å². The second-order valence-electron chi connectivity index (χ2n) is 10.3. The summed E-state index contributed by atoms with van der Waals surface area (Å²) in [6.45, 7) is 9.03. The zero-order chi connectivity index (χ0) is 26.1. The van der Waals surface area contributed by atoms with Crippen LogP contribution in [0.2, 0.25) is 0 Å². The highest BCUT2D eigenvalue weighted by Gasteiger charge is 2.45. The van der Waals surface area contributed by atoms with Gasteiger partial charge in [-0.1, -0.05) is 12.1 Å². The van der Waals surface area contributed by atoms with Crippen molar-refractivity contribution in [1.82, 2.24) is 14.5 Å². The van der Waals surface area contributed by atoms with Gasteiger partial charge in [0.1, 0.15) is 29.6 Å². The monoisotopic (exact) mass is 494 g/mol. The van der Waals surface area contributed by atoms with Gasteiger partial charge in [-0.3, -0.25) is 9.36 Å². The van der Waals surface area contributed by atoms with Gasteiger partial charge in [0.2, 0.25) is 0 Å². The molecule has 1 aromatic carbocycles. The van der Waals surface area contributed by atoms with Crippen molar-refractivity contribution in [2.24, 2.45) is 0 Å². The SMILES string of the molecule is CN(C(=O)OC(C)(C)C)C1(C)CN(c2ccc(-n3ccc(OCc4ccc(F)cc4)cc3=O)cn2)C1. The van der Waals surface area contributed by atoms with Gasteiger partial charge in [-0.05, 0) is 63.6 Å². The number of rotatable bonds is 6. The Balaban J connectivity index is 1.36. The Morgan fingerprint density at radius 2 is 1.83 bits per heavy atom. The number of amides is 1. The summed E-state index contributed by atoms with van der Waals surface area (Å²) in [5.41, 5.74) is 0.274. The Bertz CT molecular complexity index is 1280. The number of nitrogens with zero attached hydrogens (tertiary/aromatic N) is 4. The van der Waals surface area contributed by atoms with E-state index in [-0.39, 0.29) is 29.6 Å². The van der Waals surface area contributed by atoms with Crippen LogP contribution in [0.1, 0.15) is 33.3 Å². The van der Waals surface area contributed by atoms with E-state index in [0.29, 0.717) is 24.5 Å². The van der Waals surface area contributed by atoms with E-state index in [9.17, 15) is 14.0 Å². The Hall–Kier alpha value is -3.88. The first kappa shape index (κ1) is 25.2. The molecule has 0 unspecified atom stereocenters. The van der Waals surface area contributed by atoms with Gasteiger partial charge in [0.05, 0.1) is 17.4 Å². The second-order valence-corrected chi connectivity index (χ2v) is 10.3. The lowest BCUT2D eigenvalue weighted by molar-refractivity contribution is 0.00248. The summed E-state index contributed by atoms with van der Waals surface area (Å²) >= 11 is 0. The predicted molar refractivity (Wildman–Crippen MR) is 135 cm³/mol. The van der Waals surface area contributed by atoms with Gasteiger partial charge in [0.15, 0.2) is 0 Å². The van der Waals surface area contributed by atoms with Crippen molar-refractivity contribution in [3.05, 3.63) is 82.7 Å². The largest absolute Gasteiger partial charge is 0.489 e. The van der Waals surface area contributed by atoms with Crippen LogP contribution in [-0.2, 0) is 11.3 Å². The molecule has 1 aliphatic rings. The van der Waals surface area contributed by atoms with Crippen molar-refractivity contribution >= 4 is 11.9 Å². The molecule has 190 valence electrons. The minimum absolute atomic E-state index is 0.234. The predicted octanol–water partition coefficient (Wildman–Crippen LogP) is 4.40. The third kappa shape index (κ3) is 5.67. The average Bonchev–Trinajstić information content (AvgIpc) is 2.80. The third-order valence-corrected chi connectivity index (χ3v) is 6.08. The molecule has 1 saturated heterocycles. The molecule has 0 saturated carbocycles. The number of anilines is 1. The fourth-order valence-corrected chi connectivity index (χ4v) is 3.92. The number of hydrogen-bond acceptors (Lipinski definition) is 6. The van der Waals surface area contributed by atoms with Crippen molar-refractivity contribution in [2.45, 2.75) is 45.4 Å². The lowest BCUT2D eigenvalue weighted by Crippen LogP contribution is -2.69. The van der Waals surface area contributed by atoms with Gasteiger partial charge in [0, 0.05) is 32.4 Å². The van der Waals surface area contributed by atoms with Crippen molar-refractivity contribution in [1.29, 1.82) is 0 Å². The van der Waals surface area contributed by atoms with Crippen LogP contribution in [-0.4, -0.2) is 51.8 Å². The molecule has 0 spiro atoms. The first-order valence-corrected chi connectivity index (χ1v) is 11.7. The van der Waals surface area contributed by atoms with E-state index < -0.39 is 5.60 Å². The number of aromatic nitrogens is 2. The maximum absolute atomic E-state index is 13.0. The average molecular weight is 495 g/mol. The summed E-state index contributed by atoms with van der Waals surface area (Å²) in [4.78, 5) is 33.3. The summed E-state index contributed by atoms with van der Waals surface area (Å²) in [7, 11) is 1.75. The van der Waals surface area contributed by atoms with Gasteiger partial charge in [-0.2, -0.15) is 0 Å². The van der Waals surface area contributed by atoms with Gasteiger partial charge >= 0.3 is 6.09 Å². The molecule has 0 aliphatic carbocycles. The number of ether oxygens (including phenoxy) is 2. The van der Waals surface area contributed by atoms with E-state index in [2.05, 4.69) is 9.88 Å². The molecule has 1 amide bonds. The molecule has 3 heterocycles. The molecule has 0 atom stereocenters. The molecular weight excluding hydrogens is 463 g/mol. The lowest BCUT2D eigenvalue weighted by Gasteiger charge is -2.53.